The molecule has 0 saturated carbocycles. The fourth-order valence-electron chi connectivity index (χ4n) is 1.77. The number of unbranched alkanes of at least 4 members (excludes halogenated alkanes) is 2. The summed E-state index contributed by atoms with van der Waals surface area (Å²) < 4.78 is 5.01. The van der Waals surface area contributed by atoms with E-state index in [1.165, 1.54) is 5.56 Å². The van der Waals surface area contributed by atoms with E-state index in [1.807, 2.05) is 38.1 Å². The highest BCUT2D eigenvalue weighted by atomic mass is 16.6. The predicted molar refractivity (Wildman–Crippen MR) is 78.3 cm³/mol. The molecule has 0 bridgehead atoms. The van der Waals surface area contributed by atoms with E-state index in [9.17, 15) is 4.79 Å². The van der Waals surface area contributed by atoms with Gasteiger partial charge in [0.15, 0.2) is 0 Å². The van der Waals surface area contributed by atoms with Gasteiger partial charge < -0.3 is 10.5 Å². The zero-order chi connectivity index (χ0) is 14.1. The standard InChI is InChI=1S/C15H24N2O2/c1-12(2)19-15(18)17-14-9-7-13(8-10-14)6-4-3-5-11-16/h7-10,12H,3-6,11,16H2,1-2H3,(H,17,18). The Morgan fingerprint density at radius 2 is 1.89 bits per heavy atom. The number of hydrogen-bond donors (Lipinski definition) is 2. The van der Waals surface area contributed by atoms with Gasteiger partial charge in [-0.2, -0.15) is 0 Å². The Hall–Kier alpha value is -1.55. The van der Waals surface area contributed by atoms with Gasteiger partial charge in [0, 0.05) is 5.69 Å². The molecule has 0 radical (unpaired) electrons. The second-order valence-electron chi connectivity index (χ2n) is 4.88. The number of rotatable bonds is 7. The number of hydrogen-bond acceptors (Lipinski definition) is 3. The monoisotopic (exact) mass is 264 g/mol. The number of benzene rings is 1. The van der Waals surface area contributed by atoms with Gasteiger partial charge in [-0.15, -0.1) is 0 Å². The lowest BCUT2D eigenvalue weighted by molar-refractivity contribution is 0.130. The van der Waals surface area contributed by atoms with Gasteiger partial charge in [-0.25, -0.2) is 4.79 Å². The van der Waals surface area contributed by atoms with E-state index >= 15 is 0 Å². The van der Waals surface area contributed by atoms with Crippen LogP contribution in [0.4, 0.5) is 10.5 Å². The summed E-state index contributed by atoms with van der Waals surface area (Å²) in [7, 11) is 0. The van der Waals surface area contributed by atoms with Crippen LogP contribution >= 0.6 is 0 Å². The highest BCUT2D eigenvalue weighted by molar-refractivity contribution is 5.84. The summed E-state index contributed by atoms with van der Waals surface area (Å²) in [5.41, 5.74) is 7.49. The summed E-state index contributed by atoms with van der Waals surface area (Å²) in [6, 6.07) is 7.88. The van der Waals surface area contributed by atoms with Crippen molar-refractivity contribution in [3.63, 3.8) is 0 Å². The van der Waals surface area contributed by atoms with Gasteiger partial charge >= 0.3 is 6.09 Å². The van der Waals surface area contributed by atoms with Crippen molar-refractivity contribution in [2.75, 3.05) is 11.9 Å². The molecule has 1 rings (SSSR count). The quantitative estimate of drug-likeness (QED) is 0.742. The van der Waals surface area contributed by atoms with Crippen molar-refractivity contribution in [1.82, 2.24) is 0 Å². The molecule has 0 spiro atoms. The lowest BCUT2D eigenvalue weighted by Crippen LogP contribution is -2.17. The Morgan fingerprint density at radius 1 is 1.21 bits per heavy atom. The summed E-state index contributed by atoms with van der Waals surface area (Å²) in [5, 5.41) is 2.70. The maximum absolute atomic E-state index is 11.4. The number of ether oxygens (including phenoxy) is 1. The van der Waals surface area contributed by atoms with Gasteiger partial charge in [0.1, 0.15) is 0 Å². The number of nitrogens with two attached hydrogens (primary N) is 1. The molecule has 1 amide bonds. The molecule has 3 N–H and O–H groups in total. The number of nitrogens with one attached hydrogen (secondary N) is 1. The normalized spacial score (nSPS) is 10.5. The Morgan fingerprint density at radius 3 is 2.47 bits per heavy atom. The Labute approximate surface area is 115 Å². The average molecular weight is 264 g/mol. The molecule has 4 heteroatoms. The van der Waals surface area contributed by atoms with E-state index in [4.69, 9.17) is 10.5 Å². The Kier molecular flexibility index (Phi) is 6.97. The van der Waals surface area contributed by atoms with E-state index in [1.54, 1.807) is 0 Å². The van der Waals surface area contributed by atoms with Crippen molar-refractivity contribution >= 4 is 11.8 Å². The van der Waals surface area contributed by atoms with Crippen LogP contribution in [0.15, 0.2) is 24.3 Å². The number of anilines is 1. The second kappa shape index (κ2) is 8.53. The molecule has 0 heterocycles. The molecule has 1 aromatic rings. The fourth-order valence-corrected chi connectivity index (χ4v) is 1.77. The fraction of sp³-hybridized carbons (Fsp3) is 0.533. The highest BCUT2D eigenvalue weighted by Crippen LogP contribution is 2.12. The SMILES string of the molecule is CC(C)OC(=O)Nc1ccc(CCCCCN)cc1. The van der Waals surface area contributed by atoms with Crippen LogP contribution in [0.3, 0.4) is 0 Å². The van der Waals surface area contributed by atoms with Crippen molar-refractivity contribution in [3.05, 3.63) is 29.8 Å². The van der Waals surface area contributed by atoms with Gasteiger partial charge in [-0.1, -0.05) is 18.6 Å². The number of carbonyl (C=O) groups is 1. The van der Waals surface area contributed by atoms with Crippen LogP contribution in [-0.2, 0) is 11.2 Å². The van der Waals surface area contributed by atoms with Crippen LogP contribution in [0, 0.1) is 0 Å². The van der Waals surface area contributed by atoms with Crippen LogP contribution in [0.2, 0.25) is 0 Å². The Bertz CT molecular complexity index is 374. The van der Waals surface area contributed by atoms with Crippen LogP contribution < -0.4 is 11.1 Å². The summed E-state index contributed by atoms with van der Waals surface area (Å²) in [4.78, 5) is 11.4. The molecule has 19 heavy (non-hydrogen) atoms. The molecule has 4 nitrogen and oxygen atoms in total. The number of amides is 1. The van der Waals surface area contributed by atoms with E-state index in [0.29, 0.717) is 0 Å². The molecular weight excluding hydrogens is 240 g/mol. The van der Waals surface area contributed by atoms with Crippen LogP contribution in [0.5, 0.6) is 0 Å². The van der Waals surface area contributed by atoms with Crippen molar-refractivity contribution in [2.45, 2.75) is 45.6 Å². The summed E-state index contributed by atoms with van der Waals surface area (Å²) in [6.07, 6.45) is 3.93. The molecule has 0 saturated heterocycles. The van der Waals surface area contributed by atoms with Crippen molar-refractivity contribution < 1.29 is 9.53 Å². The van der Waals surface area contributed by atoms with Crippen molar-refractivity contribution in [2.24, 2.45) is 5.73 Å². The minimum Gasteiger partial charge on any atom is -0.447 e. The van der Waals surface area contributed by atoms with Crippen LogP contribution in [0.25, 0.3) is 0 Å². The van der Waals surface area contributed by atoms with Crippen molar-refractivity contribution in [3.8, 4) is 0 Å². The second-order valence-corrected chi connectivity index (χ2v) is 4.88. The molecule has 0 fully saturated rings. The number of carbonyl (C=O) groups excluding carboxylic acids is 1. The summed E-state index contributed by atoms with van der Waals surface area (Å²) in [5.74, 6) is 0. The Balaban J connectivity index is 2.36. The van der Waals surface area contributed by atoms with E-state index in [2.05, 4.69) is 5.32 Å². The van der Waals surface area contributed by atoms with Crippen LogP contribution in [-0.4, -0.2) is 18.7 Å². The molecular formula is C15H24N2O2. The maximum Gasteiger partial charge on any atom is 0.411 e. The van der Waals surface area contributed by atoms with Crippen molar-refractivity contribution in [1.29, 1.82) is 0 Å². The largest absolute Gasteiger partial charge is 0.447 e. The topological polar surface area (TPSA) is 64.3 Å². The molecule has 0 aromatic heterocycles. The van der Waals surface area contributed by atoms with Gasteiger partial charge in [0.25, 0.3) is 0 Å². The van der Waals surface area contributed by atoms with E-state index < -0.39 is 6.09 Å². The third-order valence-corrected chi connectivity index (χ3v) is 2.71. The minimum atomic E-state index is -0.411. The third-order valence-electron chi connectivity index (χ3n) is 2.71. The smallest absolute Gasteiger partial charge is 0.411 e. The highest BCUT2D eigenvalue weighted by Gasteiger charge is 2.05. The van der Waals surface area contributed by atoms with Gasteiger partial charge in [-0.3, -0.25) is 5.32 Å². The predicted octanol–water partition coefficient (Wildman–Crippen LogP) is 3.32. The minimum absolute atomic E-state index is 0.109. The average Bonchev–Trinajstić information content (AvgIpc) is 2.35. The van der Waals surface area contributed by atoms with Gasteiger partial charge in [0.2, 0.25) is 0 Å². The van der Waals surface area contributed by atoms with Crippen LogP contribution in [0.1, 0.15) is 38.7 Å². The molecule has 0 unspecified atom stereocenters. The first-order chi connectivity index (χ1) is 9.11. The van der Waals surface area contributed by atoms with Gasteiger partial charge in [-0.05, 0) is 57.4 Å². The molecule has 1 aromatic carbocycles. The third kappa shape index (κ3) is 6.82. The zero-order valence-electron chi connectivity index (χ0n) is 11.8. The molecule has 0 aliphatic carbocycles. The molecule has 0 atom stereocenters. The van der Waals surface area contributed by atoms with Gasteiger partial charge in [0.05, 0.1) is 6.10 Å². The zero-order valence-corrected chi connectivity index (χ0v) is 11.8. The molecule has 0 aliphatic heterocycles. The first kappa shape index (κ1) is 15.5. The number of aryl methyl sites for hydroxylation is 1. The van der Waals surface area contributed by atoms with E-state index in [-0.39, 0.29) is 6.10 Å². The molecule has 0 aliphatic rings. The summed E-state index contributed by atoms with van der Waals surface area (Å²) >= 11 is 0. The lowest BCUT2D eigenvalue weighted by Gasteiger charge is -2.10. The summed E-state index contributed by atoms with van der Waals surface area (Å²) in [6.45, 7) is 4.41. The first-order valence-electron chi connectivity index (χ1n) is 6.88. The van der Waals surface area contributed by atoms with E-state index in [0.717, 1.165) is 37.9 Å². The molecule has 106 valence electrons. The maximum atomic E-state index is 11.4. The first-order valence-corrected chi connectivity index (χ1v) is 6.88. The lowest BCUT2D eigenvalue weighted by atomic mass is 10.1.